The van der Waals surface area contributed by atoms with Crippen molar-refractivity contribution >= 4 is 12.1 Å². The van der Waals surface area contributed by atoms with E-state index in [1.54, 1.807) is 0 Å². The van der Waals surface area contributed by atoms with Gasteiger partial charge in [0.05, 0.1) is 19.6 Å². The van der Waals surface area contributed by atoms with Crippen LogP contribution < -0.4 is 5.32 Å². The summed E-state index contributed by atoms with van der Waals surface area (Å²) in [5.74, 6) is -0.267. The average Bonchev–Trinajstić information content (AvgIpc) is 2.57. The number of carbonyl (C=O) groups excluding carboxylic acids is 2. The molecular formula is C21H41NO4. The van der Waals surface area contributed by atoms with Gasteiger partial charge < -0.3 is 14.8 Å². The first-order valence-corrected chi connectivity index (χ1v) is 10.4. The van der Waals surface area contributed by atoms with Crippen molar-refractivity contribution in [3.05, 3.63) is 0 Å². The third kappa shape index (κ3) is 19.1. The summed E-state index contributed by atoms with van der Waals surface area (Å²) in [7, 11) is 0. The Labute approximate surface area is 160 Å². The molecule has 0 aromatic carbocycles. The van der Waals surface area contributed by atoms with E-state index in [1.165, 1.54) is 51.4 Å². The Morgan fingerprint density at radius 2 is 1.35 bits per heavy atom. The van der Waals surface area contributed by atoms with E-state index >= 15 is 0 Å². The molecule has 0 spiro atoms. The molecule has 1 N–H and O–H groups in total. The summed E-state index contributed by atoms with van der Waals surface area (Å²) in [6, 6.07) is 0. The van der Waals surface area contributed by atoms with Crippen molar-refractivity contribution < 1.29 is 19.1 Å². The molecule has 0 fully saturated rings. The van der Waals surface area contributed by atoms with Crippen molar-refractivity contribution in [1.82, 2.24) is 5.32 Å². The fraction of sp³-hybridized carbons (Fsp3) is 0.905. The summed E-state index contributed by atoms with van der Waals surface area (Å²) in [5, 5.41) is 2.57. The number of carbonyl (C=O) groups is 2. The Kier molecular flexibility index (Phi) is 15.2. The number of amides is 1. The number of nitrogens with one attached hydrogen (secondary N) is 1. The molecule has 0 aliphatic carbocycles. The first kappa shape index (κ1) is 24.7. The van der Waals surface area contributed by atoms with E-state index in [0.29, 0.717) is 13.2 Å². The zero-order chi connectivity index (χ0) is 19.7. The Hall–Kier alpha value is -1.26. The number of alkyl carbamates (subject to hydrolysis) is 1. The maximum atomic E-state index is 11.6. The van der Waals surface area contributed by atoms with Gasteiger partial charge in [0.15, 0.2) is 0 Å². The van der Waals surface area contributed by atoms with Crippen molar-refractivity contribution in [2.75, 3.05) is 19.8 Å². The smallest absolute Gasteiger partial charge is 0.407 e. The van der Waals surface area contributed by atoms with E-state index in [1.807, 2.05) is 20.8 Å². The van der Waals surface area contributed by atoms with Crippen LogP contribution in [0.3, 0.4) is 0 Å². The lowest BCUT2D eigenvalue weighted by atomic mass is 9.99. The summed E-state index contributed by atoms with van der Waals surface area (Å²) in [6.45, 7) is 9.29. The van der Waals surface area contributed by atoms with E-state index in [9.17, 15) is 9.59 Å². The third-order valence-corrected chi connectivity index (χ3v) is 4.00. The summed E-state index contributed by atoms with van der Waals surface area (Å²) >= 11 is 0. The monoisotopic (exact) mass is 371 g/mol. The van der Waals surface area contributed by atoms with Crippen molar-refractivity contribution in [1.29, 1.82) is 0 Å². The number of hydrogen-bond donors (Lipinski definition) is 1. The average molecular weight is 372 g/mol. The molecule has 0 heterocycles. The lowest BCUT2D eigenvalue weighted by Crippen LogP contribution is -2.30. The number of ether oxygens (including phenoxy) is 2. The highest BCUT2D eigenvalue weighted by atomic mass is 16.5. The van der Waals surface area contributed by atoms with Gasteiger partial charge in [-0.25, -0.2) is 4.79 Å². The number of unbranched alkanes of at least 4 members (excludes halogenated alkanes) is 9. The van der Waals surface area contributed by atoms with Crippen LogP contribution in [-0.4, -0.2) is 31.8 Å². The molecule has 0 atom stereocenters. The van der Waals surface area contributed by atoms with Crippen LogP contribution in [0.1, 0.15) is 98.3 Å². The van der Waals surface area contributed by atoms with Gasteiger partial charge in [-0.15, -0.1) is 0 Å². The Morgan fingerprint density at radius 1 is 0.808 bits per heavy atom. The Bertz CT molecular complexity index is 364. The summed E-state index contributed by atoms with van der Waals surface area (Å²) in [6.07, 6.45) is 12.3. The Balaban J connectivity index is 3.35. The lowest BCUT2D eigenvalue weighted by molar-refractivity contribution is -0.143. The normalized spacial score (nSPS) is 11.2. The van der Waals surface area contributed by atoms with Gasteiger partial charge in [0.2, 0.25) is 0 Å². The molecule has 154 valence electrons. The number of hydrogen-bond acceptors (Lipinski definition) is 4. The molecule has 0 saturated heterocycles. The minimum atomic E-state index is -0.484. The highest BCUT2D eigenvalue weighted by Crippen LogP contribution is 2.12. The molecule has 0 aliphatic rings. The molecule has 26 heavy (non-hydrogen) atoms. The topological polar surface area (TPSA) is 64.6 Å². The molecule has 0 saturated carbocycles. The van der Waals surface area contributed by atoms with E-state index < -0.39 is 6.09 Å². The van der Waals surface area contributed by atoms with E-state index in [0.717, 1.165) is 12.8 Å². The summed E-state index contributed by atoms with van der Waals surface area (Å²) in [4.78, 5) is 23.0. The molecular weight excluding hydrogens is 330 g/mol. The first-order valence-electron chi connectivity index (χ1n) is 10.4. The van der Waals surface area contributed by atoms with Gasteiger partial charge in [-0.1, -0.05) is 85.5 Å². The predicted octanol–water partition coefficient (Wildman–Crippen LogP) is 5.61. The van der Waals surface area contributed by atoms with Crippen LogP contribution in [0.4, 0.5) is 4.79 Å². The van der Waals surface area contributed by atoms with Crippen LogP contribution in [0.25, 0.3) is 0 Å². The second-order valence-electron chi connectivity index (χ2n) is 8.22. The summed E-state index contributed by atoms with van der Waals surface area (Å²) in [5.41, 5.74) is -0.0642. The fourth-order valence-electron chi connectivity index (χ4n) is 2.45. The summed E-state index contributed by atoms with van der Waals surface area (Å²) < 4.78 is 10.2. The van der Waals surface area contributed by atoms with Crippen LogP contribution in [0.2, 0.25) is 0 Å². The fourth-order valence-corrected chi connectivity index (χ4v) is 2.45. The molecule has 0 bridgehead atoms. The second-order valence-corrected chi connectivity index (χ2v) is 8.22. The second kappa shape index (κ2) is 16.0. The first-order chi connectivity index (χ1) is 12.3. The maximum absolute atomic E-state index is 11.6. The maximum Gasteiger partial charge on any atom is 0.407 e. The van der Waals surface area contributed by atoms with Gasteiger partial charge in [0.25, 0.3) is 0 Å². The van der Waals surface area contributed by atoms with Gasteiger partial charge >= 0.3 is 12.1 Å². The zero-order valence-electron chi connectivity index (χ0n) is 17.5. The molecule has 0 rings (SSSR count). The van der Waals surface area contributed by atoms with Crippen molar-refractivity contribution in [2.24, 2.45) is 5.41 Å². The molecule has 5 nitrogen and oxygen atoms in total. The molecule has 0 aliphatic heterocycles. The van der Waals surface area contributed by atoms with E-state index in [4.69, 9.17) is 9.47 Å². The van der Waals surface area contributed by atoms with Gasteiger partial charge in [-0.2, -0.15) is 0 Å². The van der Waals surface area contributed by atoms with Crippen LogP contribution >= 0.6 is 0 Å². The quantitative estimate of drug-likeness (QED) is 0.300. The number of esters is 1. The van der Waals surface area contributed by atoms with Crippen LogP contribution in [0.15, 0.2) is 0 Å². The Morgan fingerprint density at radius 3 is 1.88 bits per heavy atom. The standard InChI is InChI=1S/C21H41NO4/c1-5-6-7-8-9-10-11-12-13-14-17-25-19(23)15-16-22-20(24)26-18-21(2,3)4/h5-18H2,1-4H3,(H,22,24). The zero-order valence-corrected chi connectivity index (χ0v) is 17.5. The molecule has 5 heteroatoms. The molecule has 0 aromatic heterocycles. The van der Waals surface area contributed by atoms with Crippen molar-refractivity contribution in [3.8, 4) is 0 Å². The molecule has 0 radical (unpaired) electrons. The molecule has 1 amide bonds. The number of rotatable bonds is 15. The SMILES string of the molecule is CCCCCCCCCCCCOC(=O)CCNC(=O)OCC(C)(C)C. The minimum Gasteiger partial charge on any atom is -0.466 e. The lowest BCUT2D eigenvalue weighted by Gasteiger charge is -2.17. The van der Waals surface area contributed by atoms with Crippen molar-refractivity contribution in [3.63, 3.8) is 0 Å². The van der Waals surface area contributed by atoms with Gasteiger partial charge in [0, 0.05) is 6.54 Å². The predicted molar refractivity (Wildman–Crippen MR) is 106 cm³/mol. The highest BCUT2D eigenvalue weighted by molar-refractivity contribution is 5.71. The highest BCUT2D eigenvalue weighted by Gasteiger charge is 2.13. The van der Waals surface area contributed by atoms with Crippen LogP contribution in [0.5, 0.6) is 0 Å². The van der Waals surface area contributed by atoms with Gasteiger partial charge in [-0.3, -0.25) is 4.79 Å². The van der Waals surface area contributed by atoms with Crippen LogP contribution in [-0.2, 0) is 14.3 Å². The van der Waals surface area contributed by atoms with Crippen LogP contribution in [0, 0.1) is 5.41 Å². The van der Waals surface area contributed by atoms with Gasteiger partial charge in [-0.05, 0) is 11.8 Å². The third-order valence-electron chi connectivity index (χ3n) is 4.00. The minimum absolute atomic E-state index is 0.0642. The van der Waals surface area contributed by atoms with E-state index in [-0.39, 0.29) is 24.3 Å². The molecule has 0 aromatic rings. The van der Waals surface area contributed by atoms with E-state index in [2.05, 4.69) is 12.2 Å². The molecule has 0 unspecified atom stereocenters. The van der Waals surface area contributed by atoms with Gasteiger partial charge in [0.1, 0.15) is 0 Å². The largest absolute Gasteiger partial charge is 0.466 e. The van der Waals surface area contributed by atoms with Crippen molar-refractivity contribution in [2.45, 2.75) is 98.3 Å².